The molecule has 0 spiro atoms. The third-order valence-corrected chi connectivity index (χ3v) is 5.63. The molecule has 28 heavy (non-hydrogen) atoms. The Morgan fingerprint density at radius 2 is 1.93 bits per heavy atom. The first-order chi connectivity index (χ1) is 13.6. The van der Waals surface area contributed by atoms with Gasteiger partial charge in [-0.3, -0.25) is 4.79 Å². The zero-order valence-electron chi connectivity index (χ0n) is 14.8. The topological polar surface area (TPSA) is 80.0 Å². The molecule has 0 saturated heterocycles. The van der Waals surface area contributed by atoms with Crippen LogP contribution in [0.4, 0.5) is 5.95 Å². The Bertz CT molecular complexity index is 1100. The molecule has 2 atom stereocenters. The second kappa shape index (κ2) is 6.49. The van der Waals surface area contributed by atoms with Crippen molar-refractivity contribution < 1.29 is 9.90 Å². The molecule has 0 radical (unpaired) electrons. The lowest BCUT2D eigenvalue weighted by molar-refractivity contribution is -0.116. The summed E-state index contributed by atoms with van der Waals surface area (Å²) in [7, 11) is 0. The Morgan fingerprint density at radius 1 is 1.11 bits per heavy atom. The van der Waals surface area contributed by atoms with E-state index in [-0.39, 0.29) is 23.5 Å². The summed E-state index contributed by atoms with van der Waals surface area (Å²) >= 11 is 6.15. The number of Topliss-reactive ketones (excluding diaryl/α,β-unsaturated/α-hetero) is 1. The molecule has 1 aromatic heterocycles. The second-order valence-electron chi connectivity index (χ2n) is 7.12. The van der Waals surface area contributed by atoms with E-state index in [1.165, 1.54) is 6.33 Å². The van der Waals surface area contributed by atoms with Gasteiger partial charge >= 0.3 is 0 Å². The van der Waals surface area contributed by atoms with E-state index in [4.69, 9.17) is 11.6 Å². The van der Waals surface area contributed by atoms with Crippen LogP contribution in [0.25, 0.3) is 0 Å². The van der Waals surface area contributed by atoms with Crippen molar-refractivity contribution in [2.24, 2.45) is 0 Å². The van der Waals surface area contributed by atoms with Crippen LogP contribution >= 0.6 is 11.6 Å². The molecular formula is C21H17ClN4O2. The fourth-order valence-corrected chi connectivity index (χ4v) is 4.31. The molecule has 2 aliphatic rings. The molecule has 0 saturated carbocycles. The average Bonchev–Trinajstić information content (AvgIpc) is 3.15. The van der Waals surface area contributed by atoms with Gasteiger partial charge in [0, 0.05) is 22.7 Å². The molecule has 0 unspecified atom stereocenters. The summed E-state index contributed by atoms with van der Waals surface area (Å²) in [6, 6.07) is 14.2. The van der Waals surface area contributed by atoms with Crippen molar-refractivity contribution in [1.82, 2.24) is 14.8 Å². The molecular weight excluding hydrogens is 376 g/mol. The quantitative estimate of drug-likeness (QED) is 0.687. The molecule has 0 amide bonds. The number of phenolic OH excluding ortho intramolecular Hbond substituents is 1. The number of rotatable bonds is 2. The number of aromatic nitrogens is 3. The molecule has 0 bridgehead atoms. The number of carbonyl (C=O) groups excluding carboxylic acids is 1. The predicted octanol–water partition coefficient (Wildman–Crippen LogP) is 4.05. The molecule has 1 aliphatic carbocycles. The van der Waals surface area contributed by atoms with Crippen LogP contribution < -0.4 is 5.32 Å². The second-order valence-corrected chi connectivity index (χ2v) is 7.56. The van der Waals surface area contributed by atoms with Gasteiger partial charge in [0.1, 0.15) is 18.1 Å². The number of hydrogen-bond donors (Lipinski definition) is 2. The molecule has 6 nitrogen and oxygen atoms in total. The van der Waals surface area contributed by atoms with Crippen molar-refractivity contribution in [3.63, 3.8) is 0 Å². The molecule has 7 heteroatoms. The van der Waals surface area contributed by atoms with Crippen LogP contribution in [0.15, 0.2) is 66.1 Å². The number of halogens is 1. The molecule has 2 aromatic carbocycles. The van der Waals surface area contributed by atoms with Crippen molar-refractivity contribution in [3.05, 3.63) is 82.3 Å². The van der Waals surface area contributed by atoms with Crippen LogP contribution in [0.2, 0.25) is 5.02 Å². The fraction of sp³-hybridized carbons (Fsp3) is 0.190. The highest BCUT2D eigenvalue weighted by molar-refractivity contribution is 6.30. The van der Waals surface area contributed by atoms with Gasteiger partial charge in [-0.25, -0.2) is 4.68 Å². The summed E-state index contributed by atoms with van der Waals surface area (Å²) in [5.41, 5.74) is 3.53. The first kappa shape index (κ1) is 17.0. The maximum absolute atomic E-state index is 13.2. The molecule has 140 valence electrons. The minimum absolute atomic E-state index is 0.0624. The lowest BCUT2D eigenvalue weighted by atomic mass is 9.78. The number of carbonyl (C=O) groups is 1. The molecule has 5 rings (SSSR count). The number of nitrogens with one attached hydrogen (secondary N) is 1. The molecule has 1 aliphatic heterocycles. The Labute approximate surface area is 166 Å². The highest BCUT2D eigenvalue weighted by Crippen LogP contribution is 2.44. The number of benzene rings is 2. The van der Waals surface area contributed by atoms with Gasteiger partial charge in [0.05, 0.1) is 0 Å². The number of hydrogen-bond acceptors (Lipinski definition) is 5. The maximum Gasteiger partial charge on any atom is 0.226 e. The Kier molecular flexibility index (Phi) is 3.94. The van der Waals surface area contributed by atoms with Crippen molar-refractivity contribution in [2.45, 2.75) is 24.8 Å². The summed E-state index contributed by atoms with van der Waals surface area (Å²) in [6.45, 7) is 0. The molecule has 2 heterocycles. The molecule has 3 aromatic rings. The highest BCUT2D eigenvalue weighted by atomic mass is 35.5. The first-order valence-corrected chi connectivity index (χ1v) is 9.45. The van der Waals surface area contributed by atoms with Gasteiger partial charge in [0.15, 0.2) is 5.78 Å². The zero-order chi connectivity index (χ0) is 19.3. The lowest BCUT2D eigenvalue weighted by Crippen LogP contribution is -2.33. The van der Waals surface area contributed by atoms with Crippen molar-refractivity contribution in [1.29, 1.82) is 0 Å². The van der Waals surface area contributed by atoms with Gasteiger partial charge in [-0.1, -0.05) is 35.9 Å². The van der Waals surface area contributed by atoms with Crippen LogP contribution in [-0.4, -0.2) is 25.7 Å². The number of nitrogens with zero attached hydrogens (tertiary/aromatic N) is 3. The molecule has 2 N–H and O–H groups in total. The summed E-state index contributed by atoms with van der Waals surface area (Å²) in [5, 5.41) is 17.9. The number of ketones is 1. The largest absolute Gasteiger partial charge is 0.508 e. The van der Waals surface area contributed by atoms with E-state index in [0.29, 0.717) is 29.4 Å². The number of fused-ring (bicyclic) bond motifs is 1. The van der Waals surface area contributed by atoms with Crippen molar-refractivity contribution in [3.8, 4) is 5.75 Å². The SMILES string of the molecule is O=C1C[C@@H](c2cccc(Cl)c2)CC2=C1[C@@H](c1ccc(O)cc1)n1ncnc1N2. The fourth-order valence-electron chi connectivity index (χ4n) is 4.11. The monoisotopic (exact) mass is 392 g/mol. The summed E-state index contributed by atoms with van der Waals surface area (Å²) in [4.78, 5) is 17.5. The standard InChI is InChI=1S/C21H17ClN4O2/c22-15-3-1-2-13(8-15)14-9-17-19(18(28)10-14)20(12-4-6-16(27)7-5-12)26-21(25-17)23-11-24-26/h1-8,11,14,20,27H,9-10H2,(H,23,24,25)/t14-,20+/m0/s1. The Hall–Kier alpha value is -3.12. The predicted molar refractivity (Wildman–Crippen MR) is 105 cm³/mol. The van der Waals surface area contributed by atoms with Crippen LogP contribution in [0.3, 0.4) is 0 Å². The van der Waals surface area contributed by atoms with E-state index >= 15 is 0 Å². The number of allylic oxidation sites excluding steroid dienone is 2. The van der Waals surface area contributed by atoms with Gasteiger partial charge in [-0.2, -0.15) is 10.1 Å². The summed E-state index contributed by atoms with van der Waals surface area (Å²) < 4.78 is 1.73. The minimum atomic E-state index is -0.359. The van der Waals surface area contributed by atoms with Gasteiger partial charge in [0.2, 0.25) is 5.95 Å². The molecule has 0 fully saturated rings. The van der Waals surface area contributed by atoms with Gasteiger partial charge in [-0.15, -0.1) is 0 Å². The van der Waals surface area contributed by atoms with Crippen LogP contribution in [-0.2, 0) is 4.79 Å². The van der Waals surface area contributed by atoms with E-state index in [2.05, 4.69) is 15.4 Å². The number of anilines is 1. The maximum atomic E-state index is 13.2. The van der Waals surface area contributed by atoms with Crippen LogP contribution in [0, 0.1) is 0 Å². The van der Waals surface area contributed by atoms with Crippen LogP contribution in [0.1, 0.15) is 35.9 Å². The van der Waals surface area contributed by atoms with E-state index < -0.39 is 0 Å². The van der Waals surface area contributed by atoms with E-state index in [1.54, 1.807) is 16.8 Å². The van der Waals surface area contributed by atoms with E-state index in [0.717, 1.165) is 16.8 Å². The van der Waals surface area contributed by atoms with Crippen LogP contribution in [0.5, 0.6) is 5.75 Å². The number of aromatic hydroxyl groups is 1. The van der Waals surface area contributed by atoms with Gasteiger partial charge in [-0.05, 0) is 47.7 Å². The summed E-state index contributed by atoms with van der Waals surface area (Å²) in [6.07, 6.45) is 2.59. The highest BCUT2D eigenvalue weighted by Gasteiger charge is 2.39. The average molecular weight is 393 g/mol. The van der Waals surface area contributed by atoms with E-state index in [9.17, 15) is 9.90 Å². The lowest BCUT2D eigenvalue weighted by Gasteiger charge is -2.35. The smallest absolute Gasteiger partial charge is 0.226 e. The third kappa shape index (κ3) is 2.77. The van der Waals surface area contributed by atoms with Crippen molar-refractivity contribution in [2.75, 3.05) is 5.32 Å². The zero-order valence-corrected chi connectivity index (χ0v) is 15.6. The third-order valence-electron chi connectivity index (χ3n) is 5.39. The normalized spacial score (nSPS) is 21.1. The van der Waals surface area contributed by atoms with Gasteiger partial charge in [0.25, 0.3) is 0 Å². The Morgan fingerprint density at radius 3 is 2.71 bits per heavy atom. The van der Waals surface area contributed by atoms with Crippen molar-refractivity contribution >= 4 is 23.3 Å². The van der Waals surface area contributed by atoms with E-state index in [1.807, 2.05) is 36.4 Å². The first-order valence-electron chi connectivity index (χ1n) is 9.07. The Balaban J connectivity index is 1.59. The van der Waals surface area contributed by atoms with Gasteiger partial charge < -0.3 is 10.4 Å². The summed E-state index contributed by atoms with van der Waals surface area (Å²) in [5.74, 6) is 0.934. The number of phenols is 1. The minimum Gasteiger partial charge on any atom is -0.508 e.